The Bertz CT molecular complexity index is 1640. The smallest absolute Gasteiger partial charge is 0.295 e. The van der Waals surface area contributed by atoms with E-state index in [9.17, 15) is 14.4 Å². The lowest BCUT2D eigenvalue weighted by Crippen LogP contribution is -2.48. The molecule has 6 rings (SSSR count). The number of para-hydroxylation sites is 1. The largest absolute Gasteiger partial charge is 0.319 e. The first-order chi connectivity index (χ1) is 18.9. The lowest BCUT2D eigenvalue weighted by molar-refractivity contribution is -0.117. The van der Waals surface area contributed by atoms with E-state index in [0.717, 1.165) is 61.3 Å². The number of aryl methyl sites for hydroxylation is 2. The molecule has 1 aliphatic carbocycles. The van der Waals surface area contributed by atoms with E-state index in [1.807, 2.05) is 44.3 Å². The van der Waals surface area contributed by atoms with E-state index in [-0.39, 0.29) is 23.6 Å². The van der Waals surface area contributed by atoms with Crippen molar-refractivity contribution in [2.24, 2.45) is 7.05 Å². The Morgan fingerprint density at radius 3 is 2.54 bits per heavy atom. The molecule has 0 radical (unpaired) electrons. The number of amides is 1. The van der Waals surface area contributed by atoms with E-state index in [0.29, 0.717) is 23.8 Å². The van der Waals surface area contributed by atoms with Crippen molar-refractivity contribution in [3.63, 3.8) is 0 Å². The SMILES string of the molecule is Cc1c(NC(=O)CN2CCN(Cc3nc4sc5c(c4c(=O)[nH]3)CCCC5)CC2)c(=O)n(-c2ccccc2)n1C. The van der Waals surface area contributed by atoms with Gasteiger partial charge in [-0.25, -0.2) is 9.67 Å². The average molecular weight is 548 g/mol. The van der Waals surface area contributed by atoms with Gasteiger partial charge in [0.15, 0.2) is 0 Å². The molecule has 0 saturated carbocycles. The van der Waals surface area contributed by atoms with Crippen LogP contribution in [0, 0.1) is 6.92 Å². The number of nitrogens with zero attached hydrogens (tertiary/aromatic N) is 5. The number of hydrogen-bond acceptors (Lipinski definition) is 7. The van der Waals surface area contributed by atoms with E-state index in [1.54, 1.807) is 20.7 Å². The first-order valence-corrected chi connectivity index (χ1v) is 14.3. The maximum atomic E-state index is 13.1. The molecule has 2 N–H and O–H groups in total. The van der Waals surface area contributed by atoms with Crippen molar-refractivity contribution in [1.29, 1.82) is 0 Å². The van der Waals surface area contributed by atoms with Crippen LogP contribution in [0.15, 0.2) is 39.9 Å². The van der Waals surface area contributed by atoms with Crippen molar-refractivity contribution in [3.05, 3.63) is 73.0 Å². The Labute approximate surface area is 229 Å². The highest BCUT2D eigenvalue weighted by atomic mass is 32.1. The number of aromatic amines is 1. The van der Waals surface area contributed by atoms with Crippen LogP contribution in [0.2, 0.25) is 0 Å². The number of piperazine rings is 1. The number of carbonyl (C=O) groups excluding carboxylic acids is 1. The maximum Gasteiger partial charge on any atom is 0.295 e. The quantitative estimate of drug-likeness (QED) is 0.384. The molecule has 0 unspecified atom stereocenters. The van der Waals surface area contributed by atoms with Gasteiger partial charge in [0, 0.05) is 38.1 Å². The van der Waals surface area contributed by atoms with Gasteiger partial charge >= 0.3 is 0 Å². The van der Waals surface area contributed by atoms with Crippen molar-refractivity contribution < 1.29 is 4.79 Å². The first kappa shape index (κ1) is 25.7. The molecule has 0 spiro atoms. The Kier molecular flexibility index (Phi) is 6.96. The molecule has 204 valence electrons. The summed E-state index contributed by atoms with van der Waals surface area (Å²) >= 11 is 1.67. The van der Waals surface area contributed by atoms with Gasteiger partial charge in [0.2, 0.25) is 5.91 Å². The molecule has 0 bridgehead atoms. The highest BCUT2D eigenvalue weighted by Gasteiger charge is 2.24. The molecular formula is C28H33N7O3S. The zero-order valence-corrected chi connectivity index (χ0v) is 23.1. The summed E-state index contributed by atoms with van der Waals surface area (Å²) in [7, 11) is 1.81. The summed E-state index contributed by atoms with van der Waals surface area (Å²) in [4.78, 5) is 53.2. The van der Waals surface area contributed by atoms with Crippen LogP contribution in [0.1, 0.15) is 34.8 Å². The van der Waals surface area contributed by atoms with Crippen LogP contribution in [0.4, 0.5) is 5.69 Å². The Hall–Kier alpha value is -3.54. The second-order valence-corrected chi connectivity index (χ2v) is 11.5. The van der Waals surface area contributed by atoms with E-state index in [2.05, 4.69) is 20.1 Å². The molecule has 39 heavy (non-hydrogen) atoms. The maximum absolute atomic E-state index is 13.1. The standard InChI is InChI=1S/C28H33N7O3S/c1-18-25(28(38)35(32(18)2)19-8-4-3-5-9-19)31-23(36)17-34-14-12-33(13-15-34)16-22-29-26(37)24-20-10-6-7-11-21(20)39-27(24)30-22/h3-5,8-9H,6-7,10-17H2,1-2H3,(H,31,36)(H,29,30,37). The molecule has 1 aromatic carbocycles. The average Bonchev–Trinajstić information content (AvgIpc) is 3.40. The minimum absolute atomic E-state index is 0.0211. The number of hydrogen-bond donors (Lipinski definition) is 2. The summed E-state index contributed by atoms with van der Waals surface area (Å²) in [6.45, 7) is 5.59. The van der Waals surface area contributed by atoms with Crippen molar-refractivity contribution in [1.82, 2.24) is 29.1 Å². The Balaban J connectivity index is 1.06. The molecule has 1 aliphatic heterocycles. The molecular weight excluding hydrogens is 514 g/mol. The van der Waals surface area contributed by atoms with Gasteiger partial charge in [0.1, 0.15) is 16.3 Å². The van der Waals surface area contributed by atoms with E-state index < -0.39 is 0 Å². The summed E-state index contributed by atoms with van der Waals surface area (Å²) in [5, 5.41) is 3.64. The van der Waals surface area contributed by atoms with Gasteiger partial charge in [-0.1, -0.05) is 18.2 Å². The lowest BCUT2D eigenvalue weighted by Gasteiger charge is -2.33. The van der Waals surface area contributed by atoms with Gasteiger partial charge in [0.05, 0.1) is 29.9 Å². The molecule has 11 heteroatoms. The van der Waals surface area contributed by atoms with Gasteiger partial charge in [0.25, 0.3) is 11.1 Å². The van der Waals surface area contributed by atoms with E-state index >= 15 is 0 Å². The third kappa shape index (κ3) is 4.97. The van der Waals surface area contributed by atoms with Crippen LogP contribution in [-0.4, -0.2) is 67.8 Å². The zero-order valence-electron chi connectivity index (χ0n) is 22.3. The van der Waals surface area contributed by atoms with Crippen LogP contribution in [0.5, 0.6) is 0 Å². The summed E-state index contributed by atoms with van der Waals surface area (Å²) in [6, 6.07) is 9.38. The number of fused-ring (bicyclic) bond motifs is 3. The number of H-pyrrole nitrogens is 1. The summed E-state index contributed by atoms with van der Waals surface area (Å²) in [6.07, 6.45) is 4.35. The highest BCUT2D eigenvalue weighted by Crippen LogP contribution is 2.33. The van der Waals surface area contributed by atoms with Crippen LogP contribution in [-0.2, 0) is 31.2 Å². The minimum atomic E-state index is -0.246. The second-order valence-electron chi connectivity index (χ2n) is 10.4. The van der Waals surface area contributed by atoms with Gasteiger partial charge in [-0.15, -0.1) is 11.3 Å². The van der Waals surface area contributed by atoms with Gasteiger partial charge < -0.3 is 10.3 Å². The zero-order chi connectivity index (χ0) is 27.1. The van der Waals surface area contributed by atoms with Crippen molar-refractivity contribution >= 4 is 33.1 Å². The minimum Gasteiger partial charge on any atom is -0.319 e. The fourth-order valence-electron chi connectivity index (χ4n) is 5.69. The monoisotopic (exact) mass is 547 g/mol. The van der Waals surface area contributed by atoms with Crippen LogP contribution in [0.3, 0.4) is 0 Å². The summed E-state index contributed by atoms with van der Waals surface area (Å²) in [5.74, 6) is 0.499. The molecule has 1 saturated heterocycles. The number of thiophene rings is 1. The van der Waals surface area contributed by atoms with Gasteiger partial charge in [-0.05, 0) is 50.3 Å². The van der Waals surface area contributed by atoms with Crippen LogP contribution >= 0.6 is 11.3 Å². The van der Waals surface area contributed by atoms with E-state index in [1.165, 1.54) is 16.9 Å². The molecule has 10 nitrogen and oxygen atoms in total. The molecule has 4 aromatic rings. The van der Waals surface area contributed by atoms with E-state index in [4.69, 9.17) is 4.98 Å². The number of benzene rings is 1. The van der Waals surface area contributed by atoms with Gasteiger partial charge in [-0.2, -0.15) is 0 Å². The molecule has 2 aliphatic rings. The van der Waals surface area contributed by atoms with Crippen molar-refractivity contribution in [2.45, 2.75) is 39.2 Å². The first-order valence-electron chi connectivity index (χ1n) is 13.5. The number of carbonyl (C=O) groups is 1. The third-order valence-corrected chi connectivity index (χ3v) is 9.08. The molecule has 1 fully saturated rings. The Morgan fingerprint density at radius 1 is 1.05 bits per heavy atom. The molecule has 3 aromatic heterocycles. The summed E-state index contributed by atoms with van der Waals surface area (Å²) < 4.78 is 3.32. The topological polar surface area (TPSA) is 108 Å². The normalized spacial score (nSPS) is 16.5. The lowest BCUT2D eigenvalue weighted by atomic mass is 9.97. The summed E-state index contributed by atoms with van der Waals surface area (Å²) in [5.41, 5.74) is 2.70. The predicted molar refractivity (Wildman–Crippen MR) is 153 cm³/mol. The third-order valence-electron chi connectivity index (χ3n) is 7.90. The predicted octanol–water partition coefficient (Wildman–Crippen LogP) is 2.42. The van der Waals surface area contributed by atoms with Crippen molar-refractivity contribution in [2.75, 3.05) is 38.0 Å². The highest BCUT2D eigenvalue weighted by molar-refractivity contribution is 7.18. The number of nitrogens with one attached hydrogen (secondary N) is 2. The molecule has 1 amide bonds. The second kappa shape index (κ2) is 10.6. The fourth-order valence-corrected chi connectivity index (χ4v) is 6.98. The van der Waals surface area contributed by atoms with Crippen LogP contribution in [0.25, 0.3) is 15.9 Å². The number of anilines is 1. The van der Waals surface area contributed by atoms with Crippen molar-refractivity contribution in [3.8, 4) is 5.69 Å². The van der Waals surface area contributed by atoms with Crippen LogP contribution < -0.4 is 16.4 Å². The molecule has 4 heterocycles. The fraction of sp³-hybridized carbons (Fsp3) is 0.429. The Morgan fingerprint density at radius 2 is 1.77 bits per heavy atom. The number of rotatable bonds is 6. The number of aromatic nitrogens is 4. The molecule has 0 atom stereocenters. The van der Waals surface area contributed by atoms with Gasteiger partial charge in [-0.3, -0.25) is 28.9 Å².